The van der Waals surface area contributed by atoms with Crippen molar-refractivity contribution in [3.05, 3.63) is 45.9 Å². The Labute approximate surface area is 132 Å². The molecule has 1 aliphatic carbocycles. The fraction of sp³-hybridized carbons (Fsp3) is 0.467. The summed E-state index contributed by atoms with van der Waals surface area (Å²) in [4.78, 5) is 16.9. The third kappa shape index (κ3) is 2.96. The zero-order chi connectivity index (χ0) is 16.4. The Morgan fingerprint density at radius 1 is 1.30 bits per heavy atom. The van der Waals surface area contributed by atoms with E-state index in [2.05, 4.69) is 17.0 Å². The lowest BCUT2D eigenvalue weighted by atomic mass is 9.86. The van der Waals surface area contributed by atoms with E-state index in [1.807, 2.05) is 6.07 Å². The first-order chi connectivity index (χ1) is 11.1. The Morgan fingerprint density at radius 3 is 2.65 bits per heavy atom. The van der Waals surface area contributed by atoms with E-state index in [1.54, 1.807) is 24.3 Å². The van der Waals surface area contributed by atoms with Gasteiger partial charge in [0.05, 0.1) is 11.1 Å². The maximum atomic E-state index is 11.3. The van der Waals surface area contributed by atoms with Crippen LogP contribution in [0.3, 0.4) is 0 Å². The van der Waals surface area contributed by atoms with Gasteiger partial charge in [-0.15, -0.1) is 0 Å². The molecule has 3 rings (SSSR count). The van der Waals surface area contributed by atoms with E-state index in [4.69, 9.17) is 0 Å². The number of aromatic nitrogens is 3. The topological polar surface area (TPSA) is 98.5 Å². The van der Waals surface area contributed by atoms with Gasteiger partial charge in [0.1, 0.15) is 5.69 Å². The highest BCUT2D eigenvalue weighted by Crippen LogP contribution is 2.26. The van der Waals surface area contributed by atoms with Gasteiger partial charge in [-0.05, 0) is 40.6 Å². The number of nitrogens with zero attached hydrogens (tertiary/aromatic N) is 5. The van der Waals surface area contributed by atoms with Crippen molar-refractivity contribution in [3.8, 4) is 5.69 Å². The highest BCUT2D eigenvalue weighted by molar-refractivity contribution is 5.29. The number of benzene rings is 1. The third-order valence-electron chi connectivity index (χ3n) is 4.27. The van der Waals surface area contributed by atoms with E-state index in [9.17, 15) is 15.3 Å². The minimum atomic E-state index is -0.613. The van der Waals surface area contributed by atoms with Gasteiger partial charge >= 0.3 is 5.82 Å². The average molecular weight is 317 g/mol. The first-order valence-electron chi connectivity index (χ1n) is 7.73. The average Bonchev–Trinajstić information content (AvgIpc) is 2.88. The molecule has 122 valence electrons. The SMILES string of the molecule is C[C@H]1CCCC[C@H]1N=c1c([N+](=O)[O-])nn(-c2ccccc2)n1O. The molecule has 1 N–H and O–H groups in total. The second kappa shape index (κ2) is 6.23. The molecule has 8 heteroatoms. The van der Waals surface area contributed by atoms with Crippen LogP contribution in [0.5, 0.6) is 0 Å². The zero-order valence-corrected chi connectivity index (χ0v) is 12.9. The van der Waals surface area contributed by atoms with Crippen molar-refractivity contribution in [2.75, 3.05) is 0 Å². The summed E-state index contributed by atoms with van der Waals surface area (Å²) in [6.45, 7) is 2.09. The van der Waals surface area contributed by atoms with Crippen LogP contribution < -0.4 is 5.49 Å². The van der Waals surface area contributed by atoms with E-state index in [1.165, 1.54) is 0 Å². The summed E-state index contributed by atoms with van der Waals surface area (Å²) < 4.78 is 0. The molecule has 8 nitrogen and oxygen atoms in total. The summed E-state index contributed by atoms with van der Waals surface area (Å²) in [5, 5.41) is 25.5. The summed E-state index contributed by atoms with van der Waals surface area (Å²) >= 11 is 0. The van der Waals surface area contributed by atoms with Crippen LogP contribution in [0.2, 0.25) is 0 Å². The van der Waals surface area contributed by atoms with Crippen molar-refractivity contribution >= 4 is 5.82 Å². The molecule has 0 unspecified atom stereocenters. The number of rotatable bonds is 3. The molecule has 1 aromatic heterocycles. The number of hydrogen-bond acceptors (Lipinski definition) is 5. The first-order valence-corrected chi connectivity index (χ1v) is 7.73. The highest BCUT2D eigenvalue weighted by Gasteiger charge is 2.27. The Morgan fingerprint density at radius 2 is 2.00 bits per heavy atom. The van der Waals surface area contributed by atoms with Gasteiger partial charge in [0.2, 0.25) is 0 Å². The van der Waals surface area contributed by atoms with Crippen molar-refractivity contribution in [1.29, 1.82) is 0 Å². The van der Waals surface area contributed by atoms with Crippen LogP contribution >= 0.6 is 0 Å². The van der Waals surface area contributed by atoms with Gasteiger partial charge in [0, 0.05) is 0 Å². The standard InChI is InChI=1S/C15H19N5O3/c1-11-7-5-6-10-13(11)16-14-15(20(22)23)17-18(19(14)21)12-8-3-2-4-9-12/h2-4,8-9,11,13,21H,5-7,10H2,1H3/t11-,13+/m0/s1. The minimum Gasteiger partial charge on any atom is -0.409 e. The molecule has 23 heavy (non-hydrogen) atoms. The van der Waals surface area contributed by atoms with E-state index in [0.717, 1.165) is 30.5 Å². The predicted octanol–water partition coefficient (Wildman–Crippen LogP) is 2.30. The molecule has 1 heterocycles. The van der Waals surface area contributed by atoms with Crippen LogP contribution in [0.1, 0.15) is 32.6 Å². The lowest BCUT2D eigenvalue weighted by Crippen LogP contribution is -2.28. The number of nitro groups is 1. The molecular weight excluding hydrogens is 298 g/mol. The Balaban J connectivity index is 2.12. The van der Waals surface area contributed by atoms with Crippen molar-refractivity contribution in [2.45, 2.75) is 38.6 Å². The van der Waals surface area contributed by atoms with Crippen LogP contribution in [0.15, 0.2) is 35.3 Å². The molecule has 1 fully saturated rings. The second-order valence-electron chi connectivity index (χ2n) is 5.88. The summed E-state index contributed by atoms with van der Waals surface area (Å²) in [7, 11) is 0. The molecule has 0 radical (unpaired) electrons. The third-order valence-corrected chi connectivity index (χ3v) is 4.27. The predicted molar refractivity (Wildman–Crippen MR) is 82.4 cm³/mol. The maximum absolute atomic E-state index is 11.3. The zero-order valence-electron chi connectivity index (χ0n) is 12.9. The van der Waals surface area contributed by atoms with E-state index < -0.39 is 10.7 Å². The normalized spacial score (nSPS) is 22.2. The highest BCUT2D eigenvalue weighted by atomic mass is 16.6. The number of hydrogen-bond donors (Lipinski definition) is 1. The molecule has 0 aliphatic heterocycles. The summed E-state index contributed by atoms with van der Waals surface area (Å²) in [6, 6.07) is 8.73. The quantitative estimate of drug-likeness (QED) is 0.533. The molecule has 0 amide bonds. The molecule has 2 atom stereocenters. The van der Waals surface area contributed by atoms with Gasteiger partial charge < -0.3 is 15.3 Å². The molecule has 0 spiro atoms. The van der Waals surface area contributed by atoms with Crippen molar-refractivity contribution in [3.63, 3.8) is 0 Å². The number of para-hydroxylation sites is 1. The van der Waals surface area contributed by atoms with Gasteiger partial charge in [0.25, 0.3) is 5.49 Å². The van der Waals surface area contributed by atoms with Crippen LogP contribution in [-0.4, -0.2) is 30.9 Å². The first kappa shape index (κ1) is 15.3. The van der Waals surface area contributed by atoms with Crippen LogP contribution in [-0.2, 0) is 0 Å². The molecule has 0 bridgehead atoms. The van der Waals surface area contributed by atoms with Crippen LogP contribution in [0.25, 0.3) is 5.69 Å². The molecule has 1 saturated carbocycles. The Kier molecular flexibility index (Phi) is 4.14. The molecule has 1 aromatic carbocycles. The molecular formula is C15H19N5O3. The lowest BCUT2D eigenvalue weighted by molar-refractivity contribution is -0.391. The van der Waals surface area contributed by atoms with Crippen LogP contribution in [0.4, 0.5) is 5.82 Å². The van der Waals surface area contributed by atoms with Crippen molar-refractivity contribution < 1.29 is 10.1 Å². The largest absolute Gasteiger partial charge is 0.438 e. The fourth-order valence-electron chi connectivity index (χ4n) is 2.96. The van der Waals surface area contributed by atoms with Crippen LogP contribution in [0, 0.1) is 16.0 Å². The van der Waals surface area contributed by atoms with Crippen molar-refractivity contribution in [2.24, 2.45) is 10.9 Å². The Bertz CT molecular complexity index is 765. The molecule has 1 aliphatic rings. The van der Waals surface area contributed by atoms with Gasteiger partial charge in [0.15, 0.2) is 0 Å². The van der Waals surface area contributed by atoms with Gasteiger partial charge in [-0.25, -0.2) is 0 Å². The van der Waals surface area contributed by atoms with Gasteiger partial charge in [-0.1, -0.05) is 42.8 Å². The summed E-state index contributed by atoms with van der Waals surface area (Å²) in [5.41, 5.74) is 0.425. The van der Waals surface area contributed by atoms with E-state index >= 15 is 0 Å². The summed E-state index contributed by atoms with van der Waals surface area (Å²) in [5.74, 6) is -0.0995. The second-order valence-corrected chi connectivity index (χ2v) is 5.88. The maximum Gasteiger partial charge on any atom is 0.438 e. The van der Waals surface area contributed by atoms with E-state index in [0.29, 0.717) is 16.5 Å². The van der Waals surface area contributed by atoms with Gasteiger partial charge in [-0.3, -0.25) is 4.99 Å². The minimum absolute atomic E-state index is 0.0331. The summed E-state index contributed by atoms with van der Waals surface area (Å²) in [6.07, 6.45) is 4.11. The van der Waals surface area contributed by atoms with E-state index in [-0.39, 0.29) is 11.5 Å². The monoisotopic (exact) mass is 317 g/mol. The fourth-order valence-corrected chi connectivity index (χ4v) is 2.96. The smallest absolute Gasteiger partial charge is 0.409 e. The van der Waals surface area contributed by atoms with Gasteiger partial charge in [-0.2, -0.15) is 0 Å². The lowest BCUT2D eigenvalue weighted by Gasteiger charge is -2.24. The van der Waals surface area contributed by atoms with Crippen molar-refractivity contribution in [1.82, 2.24) is 14.7 Å². The Hall–Kier alpha value is -2.64. The molecule has 0 saturated heterocycles. The molecule has 2 aromatic rings.